The molecule has 3 aromatic rings. The van der Waals surface area contributed by atoms with Gasteiger partial charge in [-0.2, -0.15) is 0 Å². The van der Waals surface area contributed by atoms with Gasteiger partial charge in [-0.15, -0.1) is 0 Å². The third-order valence-electron chi connectivity index (χ3n) is 4.33. The van der Waals surface area contributed by atoms with Crippen molar-refractivity contribution in [2.75, 3.05) is 7.05 Å². The molecule has 2 aromatic carbocycles. The zero-order valence-corrected chi connectivity index (χ0v) is 16.7. The summed E-state index contributed by atoms with van der Waals surface area (Å²) in [6, 6.07) is 18.1. The van der Waals surface area contributed by atoms with Crippen LogP contribution in [0.4, 0.5) is 4.39 Å². The fourth-order valence-electron chi connectivity index (χ4n) is 2.77. The zero-order chi connectivity index (χ0) is 21.5. The molecular weight excluding hydrogens is 389 g/mol. The van der Waals surface area contributed by atoms with E-state index in [9.17, 15) is 14.0 Å². The minimum Gasteiger partial charge on any atom is -0.486 e. The van der Waals surface area contributed by atoms with E-state index < -0.39 is 12.1 Å². The van der Waals surface area contributed by atoms with Gasteiger partial charge in [0.25, 0.3) is 5.91 Å². The quantitative estimate of drug-likeness (QED) is 0.520. The Kier molecular flexibility index (Phi) is 6.85. The maximum atomic E-state index is 12.9. The predicted molar refractivity (Wildman–Crippen MR) is 107 cm³/mol. The van der Waals surface area contributed by atoms with Crippen LogP contribution in [0.3, 0.4) is 0 Å². The van der Waals surface area contributed by atoms with Crippen LogP contribution in [0.25, 0.3) is 0 Å². The van der Waals surface area contributed by atoms with Gasteiger partial charge in [-0.1, -0.05) is 30.3 Å². The highest BCUT2D eigenvalue weighted by Crippen LogP contribution is 2.16. The number of benzene rings is 2. The molecule has 1 heterocycles. The minimum atomic E-state index is -0.963. The normalized spacial score (nSPS) is 11.6. The molecule has 0 spiro atoms. The number of ether oxygens (including phenoxy) is 2. The average Bonchev–Trinajstić information content (AvgIpc) is 3.22. The van der Waals surface area contributed by atoms with Crippen molar-refractivity contribution in [3.05, 3.63) is 89.6 Å². The van der Waals surface area contributed by atoms with E-state index in [2.05, 4.69) is 0 Å². The largest absolute Gasteiger partial charge is 0.486 e. The van der Waals surface area contributed by atoms with Gasteiger partial charge in [-0.05, 0) is 48.9 Å². The SMILES string of the molecule is CC(OC(=O)c1ccc(COc2ccc(F)cc2)o1)C(=O)N(C)Cc1ccccc1. The first-order chi connectivity index (χ1) is 14.4. The first kappa shape index (κ1) is 21.1. The van der Waals surface area contributed by atoms with Crippen LogP contribution in [0, 0.1) is 5.82 Å². The van der Waals surface area contributed by atoms with Crippen molar-refractivity contribution in [1.82, 2.24) is 4.90 Å². The number of nitrogens with zero attached hydrogens (tertiary/aromatic N) is 1. The molecule has 156 valence electrons. The van der Waals surface area contributed by atoms with Crippen molar-refractivity contribution in [2.45, 2.75) is 26.2 Å². The van der Waals surface area contributed by atoms with Gasteiger partial charge < -0.3 is 18.8 Å². The number of rotatable bonds is 8. The summed E-state index contributed by atoms with van der Waals surface area (Å²) in [5, 5.41) is 0. The van der Waals surface area contributed by atoms with Gasteiger partial charge in [-0.3, -0.25) is 4.79 Å². The second-order valence-electron chi connectivity index (χ2n) is 6.74. The molecule has 0 aliphatic heterocycles. The summed E-state index contributed by atoms with van der Waals surface area (Å²) in [4.78, 5) is 26.3. The van der Waals surface area contributed by atoms with Crippen molar-refractivity contribution in [1.29, 1.82) is 0 Å². The molecule has 3 rings (SSSR count). The van der Waals surface area contributed by atoms with Crippen LogP contribution in [0.1, 0.15) is 28.8 Å². The number of amides is 1. The molecule has 0 saturated carbocycles. The molecule has 0 radical (unpaired) electrons. The van der Waals surface area contributed by atoms with Gasteiger partial charge in [0.2, 0.25) is 5.76 Å². The van der Waals surface area contributed by atoms with Crippen LogP contribution in [0.2, 0.25) is 0 Å². The molecule has 0 aliphatic carbocycles. The van der Waals surface area contributed by atoms with Gasteiger partial charge in [0.1, 0.15) is 23.9 Å². The Morgan fingerprint density at radius 2 is 1.73 bits per heavy atom. The van der Waals surface area contributed by atoms with E-state index in [0.717, 1.165) is 5.56 Å². The molecule has 0 saturated heterocycles. The number of hydrogen-bond donors (Lipinski definition) is 0. The topological polar surface area (TPSA) is 69.0 Å². The van der Waals surface area contributed by atoms with E-state index >= 15 is 0 Å². The molecule has 0 N–H and O–H groups in total. The Hall–Kier alpha value is -3.61. The highest BCUT2D eigenvalue weighted by molar-refractivity contribution is 5.90. The molecule has 0 aliphatic rings. The molecular formula is C23H22FNO5. The fraction of sp³-hybridized carbons (Fsp3) is 0.217. The van der Waals surface area contributed by atoms with Crippen LogP contribution in [0.5, 0.6) is 5.75 Å². The van der Waals surface area contributed by atoms with E-state index in [4.69, 9.17) is 13.9 Å². The Morgan fingerprint density at radius 3 is 2.43 bits per heavy atom. The predicted octanol–water partition coefficient (Wildman–Crippen LogP) is 4.20. The minimum absolute atomic E-state index is 0.0296. The lowest BCUT2D eigenvalue weighted by atomic mass is 10.2. The lowest BCUT2D eigenvalue weighted by Crippen LogP contribution is -2.37. The molecule has 0 fully saturated rings. The van der Waals surface area contributed by atoms with E-state index in [1.807, 2.05) is 30.3 Å². The Morgan fingerprint density at radius 1 is 1.03 bits per heavy atom. The van der Waals surface area contributed by atoms with Crippen molar-refractivity contribution in [3.63, 3.8) is 0 Å². The molecule has 7 heteroatoms. The highest BCUT2D eigenvalue weighted by atomic mass is 19.1. The van der Waals surface area contributed by atoms with Crippen LogP contribution in [-0.4, -0.2) is 29.9 Å². The van der Waals surface area contributed by atoms with Crippen LogP contribution >= 0.6 is 0 Å². The molecule has 30 heavy (non-hydrogen) atoms. The first-order valence-corrected chi connectivity index (χ1v) is 9.39. The van der Waals surface area contributed by atoms with Gasteiger partial charge in [0.15, 0.2) is 6.10 Å². The first-order valence-electron chi connectivity index (χ1n) is 9.39. The van der Waals surface area contributed by atoms with E-state index in [1.54, 1.807) is 13.1 Å². The summed E-state index contributed by atoms with van der Waals surface area (Å²) in [6.45, 7) is 1.99. The van der Waals surface area contributed by atoms with Gasteiger partial charge in [-0.25, -0.2) is 9.18 Å². The number of carbonyl (C=O) groups excluding carboxylic acids is 2. The molecule has 1 amide bonds. The van der Waals surface area contributed by atoms with E-state index in [-0.39, 0.29) is 24.1 Å². The van der Waals surface area contributed by atoms with Crippen LogP contribution < -0.4 is 4.74 Å². The molecule has 0 bridgehead atoms. The average molecular weight is 411 g/mol. The number of halogens is 1. The summed E-state index contributed by atoms with van der Waals surface area (Å²) >= 11 is 0. The zero-order valence-electron chi connectivity index (χ0n) is 16.7. The van der Waals surface area contributed by atoms with Crippen molar-refractivity contribution in [2.24, 2.45) is 0 Å². The van der Waals surface area contributed by atoms with Crippen molar-refractivity contribution < 1.29 is 27.9 Å². The molecule has 1 unspecified atom stereocenters. The Labute approximate surface area is 173 Å². The lowest BCUT2D eigenvalue weighted by Gasteiger charge is -2.21. The molecule has 1 aromatic heterocycles. The second-order valence-corrected chi connectivity index (χ2v) is 6.74. The summed E-state index contributed by atoms with van der Waals surface area (Å²) in [7, 11) is 1.65. The molecule has 1 atom stereocenters. The Balaban J connectivity index is 1.51. The van der Waals surface area contributed by atoms with Gasteiger partial charge >= 0.3 is 5.97 Å². The van der Waals surface area contributed by atoms with E-state index in [1.165, 1.54) is 42.2 Å². The van der Waals surface area contributed by atoms with Crippen LogP contribution in [0.15, 0.2) is 71.1 Å². The Bertz CT molecular complexity index is 984. The number of furan rings is 1. The smallest absolute Gasteiger partial charge is 0.375 e. The standard InChI is InChI=1S/C23H22FNO5/c1-16(22(26)25(2)14-17-6-4-3-5-7-17)29-23(27)21-13-12-20(30-21)15-28-19-10-8-18(24)9-11-19/h3-13,16H,14-15H2,1-2H3. The summed E-state index contributed by atoms with van der Waals surface area (Å²) in [5.74, 6) is -0.582. The number of hydrogen-bond acceptors (Lipinski definition) is 5. The fourth-order valence-corrected chi connectivity index (χ4v) is 2.77. The van der Waals surface area contributed by atoms with Crippen molar-refractivity contribution in [3.8, 4) is 5.75 Å². The third kappa shape index (κ3) is 5.70. The summed E-state index contributed by atoms with van der Waals surface area (Å²) in [5.41, 5.74) is 0.976. The lowest BCUT2D eigenvalue weighted by molar-refractivity contribution is -0.139. The second kappa shape index (κ2) is 9.73. The van der Waals surface area contributed by atoms with Gasteiger partial charge in [0, 0.05) is 13.6 Å². The number of likely N-dealkylation sites (N-methyl/N-ethyl adjacent to an activating group) is 1. The summed E-state index contributed by atoms with van der Waals surface area (Å²) < 4.78 is 29.1. The number of esters is 1. The highest BCUT2D eigenvalue weighted by Gasteiger charge is 2.24. The monoisotopic (exact) mass is 411 g/mol. The molecule has 6 nitrogen and oxygen atoms in total. The van der Waals surface area contributed by atoms with Crippen molar-refractivity contribution >= 4 is 11.9 Å². The maximum Gasteiger partial charge on any atom is 0.375 e. The van der Waals surface area contributed by atoms with Gasteiger partial charge in [0.05, 0.1) is 0 Å². The maximum absolute atomic E-state index is 12.9. The van der Waals surface area contributed by atoms with Crippen LogP contribution in [-0.2, 0) is 22.7 Å². The summed E-state index contributed by atoms with van der Waals surface area (Å²) in [6.07, 6.45) is -0.963. The third-order valence-corrected chi connectivity index (χ3v) is 4.33. The number of carbonyl (C=O) groups is 2. The van der Waals surface area contributed by atoms with E-state index in [0.29, 0.717) is 18.1 Å².